The van der Waals surface area contributed by atoms with E-state index in [0.717, 1.165) is 24.4 Å². The average molecular weight is 228 g/mol. The zero-order valence-electron chi connectivity index (χ0n) is 10.0. The monoisotopic (exact) mass is 228 g/mol. The Morgan fingerprint density at radius 1 is 1.35 bits per heavy atom. The van der Waals surface area contributed by atoms with Crippen molar-refractivity contribution in [1.29, 1.82) is 0 Å². The van der Waals surface area contributed by atoms with E-state index in [4.69, 9.17) is 0 Å². The van der Waals surface area contributed by atoms with Gasteiger partial charge in [0.2, 0.25) is 0 Å². The normalized spacial score (nSPS) is 15.1. The number of nitrogens with zero attached hydrogens (tertiary/aromatic N) is 4. The van der Waals surface area contributed by atoms with Crippen molar-refractivity contribution in [3.63, 3.8) is 0 Å². The Morgan fingerprint density at radius 2 is 2.24 bits per heavy atom. The highest BCUT2D eigenvalue weighted by molar-refractivity contribution is 5.54. The van der Waals surface area contributed by atoms with Crippen molar-refractivity contribution in [2.24, 2.45) is 0 Å². The van der Waals surface area contributed by atoms with Crippen molar-refractivity contribution < 1.29 is 0 Å². The summed E-state index contributed by atoms with van der Waals surface area (Å²) in [7, 11) is 0. The van der Waals surface area contributed by atoms with Crippen LogP contribution in [0.5, 0.6) is 0 Å². The largest absolute Gasteiger partial charge is 0.263 e. The summed E-state index contributed by atoms with van der Waals surface area (Å²) in [5, 5.41) is 4.33. The predicted molar refractivity (Wildman–Crippen MR) is 65.5 cm³/mol. The summed E-state index contributed by atoms with van der Waals surface area (Å²) in [6.45, 7) is 3.09. The maximum Gasteiger partial charge on any atom is 0.116 e. The third kappa shape index (κ3) is 2.07. The zero-order chi connectivity index (χ0) is 11.7. The molecule has 0 N–H and O–H groups in total. The van der Waals surface area contributed by atoms with Crippen LogP contribution in [0.3, 0.4) is 0 Å². The van der Waals surface area contributed by atoms with Gasteiger partial charge in [-0.1, -0.05) is 6.92 Å². The highest BCUT2D eigenvalue weighted by Crippen LogP contribution is 2.39. The highest BCUT2D eigenvalue weighted by atomic mass is 15.3. The van der Waals surface area contributed by atoms with Crippen molar-refractivity contribution in [3.8, 4) is 11.4 Å². The SMILES string of the molecule is CCCn1nccc1-c1cc(C2CC2)ncn1. The minimum Gasteiger partial charge on any atom is -0.263 e. The lowest BCUT2D eigenvalue weighted by atomic mass is 10.2. The molecular formula is C13H16N4. The summed E-state index contributed by atoms with van der Waals surface area (Å²) in [5.74, 6) is 0.666. The van der Waals surface area contributed by atoms with Gasteiger partial charge in [0.05, 0.1) is 11.4 Å². The second-order valence-corrected chi connectivity index (χ2v) is 4.54. The van der Waals surface area contributed by atoms with E-state index in [1.165, 1.54) is 18.5 Å². The Kier molecular flexibility index (Phi) is 2.63. The van der Waals surface area contributed by atoms with Gasteiger partial charge in [0.25, 0.3) is 0 Å². The summed E-state index contributed by atoms with van der Waals surface area (Å²) in [6.07, 6.45) is 7.13. The molecule has 0 aliphatic heterocycles. The molecular weight excluding hydrogens is 212 g/mol. The Morgan fingerprint density at radius 3 is 3.00 bits per heavy atom. The van der Waals surface area contributed by atoms with Crippen LogP contribution in [0.15, 0.2) is 24.7 Å². The summed E-state index contributed by atoms with van der Waals surface area (Å²) < 4.78 is 2.01. The maximum atomic E-state index is 4.36. The van der Waals surface area contributed by atoms with Crippen molar-refractivity contribution in [3.05, 3.63) is 30.4 Å². The van der Waals surface area contributed by atoms with Gasteiger partial charge in [-0.25, -0.2) is 9.97 Å². The van der Waals surface area contributed by atoms with Crippen LogP contribution in [0, 0.1) is 0 Å². The van der Waals surface area contributed by atoms with Gasteiger partial charge in [0.1, 0.15) is 6.33 Å². The summed E-state index contributed by atoms with van der Waals surface area (Å²) in [6, 6.07) is 4.13. The molecule has 0 unspecified atom stereocenters. The fourth-order valence-corrected chi connectivity index (χ4v) is 2.06. The van der Waals surface area contributed by atoms with Gasteiger partial charge in [-0.05, 0) is 31.4 Å². The van der Waals surface area contributed by atoms with Crippen molar-refractivity contribution >= 4 is 0 Å². The summed E-state index contributed by atoms with van der Waals surface area (Å²) in [4.78, 5) is 8.71. The highest BCUT2D eigenvalue weighted by Gasteiger charge is 2.25. The molecule has 4 heteroatoms. The number of hydrogen-bond donors (Lipinski definition) is 0. The lowest BCUT2D eigenvalue weighted by Crippen LogP contribution is -2.02. The molecule has 2 aromatic rings. The molecule has 2 heterocycles. The molecule has 0 aromatic carbocycles. The number of aromatic nitrogens is 4. The second-order valence-electron chi connectivity index (χ2n) is 4.54. The van der Waals surface area contributed by atoms with Crippen LogP contribution in [-0.4, -0.2) is 19.7 Å². The van der Waals surface area contributed by atoms with Crippen LogP contribution in [0.2, 0.25) is 0 Å². The fourth-order valence-electron chi connectivity index (χ4n) is 2.06. The van der Waals surface area contributed by atoms with Crippen LogP contribution in [0.4, 0.5) is 0 Å². The Bertz CT molecular complexity index is 514. The van der Waals surface area contributed by atoms with Gasteiger partial charge in [-0.3, -0.25) is 4.68 Å². The molecule has 0 amide bonds. The van der Waals surface area contributed by atoms with Crippen LogP contribution < -0.4 is 0 Å². The summed E-state index contributed by atoms with van der Waals surface area (Å²) in [5.41, 5.74) is 3.27. The molecule has 0 bridgehead atoms. The van der Waals surface area contributed by atoms with Crippen molar-refractivity contribution in [1.82, 2.24) is 19.7 Å². The van der Waals surface area contributed by atoms with E-state index in [-0.39, 0.29) is 0 Å². The first kappa shape index (κ1) is 10.4. The van der Waals surface area contributed by atoms with E-state index in [0.29, 0.717) is 5.92 Å². The van der Waals surface area contributed by atoms with Gasteiger partial charge in [0, 0.05) is 24.4 Å². The first-order valence-corrected chi connectivity index (χ1v) is 6.22. The molecule has 1 saturated carbocycles. The third-order valence-electron chi connectivity index (χ3n) is 3.10. The minimum atomic E-state index is 0.666. The first-order valence-electron chi connectivity index (χ1n) is 6.22. The van der Waals surface area contributed by atoms with E-state index in [1.807, 2.05) is 16.9 Å². The minimum absolute atomic E-state index is 0.666. The van der Waals surface area contributed by atoms with E-state index in [9.17, 15) is 0 Å². The molecule has 88 valence electrons. The zero-order valence-corrected chi connectivity index (χ0v) is 10.0. The summed E-state index contributed by atoms with van der Waals surface area (Å²) >= 11 is 0. The van der Waals surface area contributed by atoms with Crippen molar-refractivity contribution in [2.45, 2.75) is 38.6 Å². The van der Waals surface area contributed by atoms with Gasteiger partial charge >= 0.3 is 0 Å². The Hall–Kier alpha value is -1.71. The molecule has 0 saturated heterocycles. The third-order valence-corrected chi connectivity index (χ3v) is 3.10. The fraction of sp³-hybridized carbons (Fsp3) is 0.462. The first-order chi connectivity index (χ1) is 8.38. The van der Waals surface area contributed by atoms with Crippen LogP contribution in [0.25, 0.3) is 11.4 Å². The molecule has 17 heavy (non-hydrogen) atoms. The number of aryl methyl sites for hydroxylation is 1. The molecule has 1 fully saturated rings. The Labute approximate surface area is 101 Å². The number of hydrogen-bond acceptors (Lipinski definition) is 3. The van der Waals surface area contributed by atoms with Gasteiger partial charge < -0.3 is 0 Å². The van der Waals surface area contributed by atoms with E-state index >= 15 is 0 Å². The Balaban J connectivity index is 1.96. The molecule has 0 spiro atoms. The molecule has 0 radical (unpaired) electrons. The van der Waals surface area contributed by atoms with E-state index in [1.54, 1.807) is 6.33 Å². The van der Waals surface area contributed by atoms with Gasteiger partial charge in [-0.2, -0.15) is 5.10 Å². The van der Waals surface area contributed by atoms with Crippen LogP contribution in [-0.2, 0) is 6.54 Å². The van der Waals surface area contributed by atoms with Gasteiger partial charge in [0.15, 0.2) is 0 Å². The molecule has 1 aliphatic carbocycles. The van der Waals surface area contributed by atoms with Crippen LogP contribution >= 0.6 is 0 Å². The molecule has 3 rings (SSSR count). The lowest BCUT2D eigenvalue weighted by molar-refractivity contribution is 0.608. The molecule has 1 aliphatic rings. The topological polar surface area (TPSA) is 43.6 Å². The maximum absolute atomic E-state index is 4.36. The second kappa shape index (κ2) is 4.28. The average Bonchev–Trinajstić information content (AvgIpc) is 3.11. The standard InChI is InChI=1S/C13H16N4/c1-2-7-17-13(5-6-16-17)12-8-11(10-3-4-10)14-9-15-12/h5-6,8-10H,2-4,7H2,1H3. The molecule has 0 atom stereocenters. The number of rotatable bonds is 4. The van der Waals surface area contributed by atoms with Crippen molar-refractivity contribution in [2.75, 3.05) is 0 Å². The lowest BCUT2D eigenvalue weighted by Gasteiger charge is -2.06. The van der Waals surface area contributed by atoms with Crippen LogP contribution in [0.1, 0.15) is 37.8 Å². The molecule has 4 nitrogen and oxygen atoms in total. The smallest absolute Gasteiger partial charge is 0.116 e. The van der Waals surface area contributed by atoms with E-state index < -0.39 is 0 Å². The quantitative estimate of drug-likeness (QED) is 0.808. The van der Waals surface area contributed by atoms with E-state index in [2.05, 4.69) is 28.1 Å². The predicted octanol–water partition coefficient (Wildman–Crippen LogP) is 2.63. The molecule has 2 aromatic heterocycles. The van der Waals surface area contributed by atoms with Gasteiger partial charge in [-0.15, -0.1) is 0 Å².